The fourth-order valence-corrected chi connectivity index (χ4v) is 2.48. The topological polar surface area (TPSA) is 12.0 Å². The van der Waals surface area contributed by atoms with E-state index in [-0.39, 0.29) is 5.82 Å². The van der Waals surface area contributed by atoms with Crippen molar-refractivity contribution < 1.29 is 4.39 Å². The normalized spacial score (nSPS) is 14.6. The van der Waals surface area contributed by atoms with Crippen molar-refractivity contribution in [3.63, 3.8) is 0 Å². The van der Waals surface area contributed by atoms with Gasteiger partial charge in [-0.3, -0.25) is 0 Å². The number of nitrogens with one attached hydrogen (secondary N) is 1. The average molecular weight is 290 g/mol. The van der Waals surface area contributed by atoms with Crippen LogP contribution in [0.2, 0.25) is 5.02 Å². The standard InChI is InChI=1S/C17H17ClFN/c1-11-8-12(4-7-17(11)19)13-2-3-14(16(18)9-13)10-20-15-5-6-15/h2-4,7-9,15,20H,5-6,10H2,1H3. The Hall–Kier alpha value is -1.38. The summed E-state index contributed by atoms with van der Waals surface area (Å²) in [6.07, 6.45) is 2.54. The molecule has 2 aromatic rings. The lowest BCUT2D eigenvalue weighted by molar-refractivity contribution is 0.619. The van der Waals surface area contributed by atoms with Crippen LogP contribution in [0.1, 0.15) is 24.0 Å². The molecule has 0 bridgehead atoms. The number of hydrogen-bond acceptors (Lipinski definition) is 1. The third-order valence-electron chi connectivity index (χ3n) is 3.70. The van der Waals surface area contributed by atoms with Crippen LogP contribution >= 0.6 is 11.6 Å². The van der Waals surface area contributed by atoms with E-state index in [0.29, 0.717) is 11.6 Å². The summed E-state index contributed by atoms with van der Waals surface area (Å²) in [6, 6.07) is 11.9. The zero-order valence-electron chi connectivity index (χ0n) is 11.4. The summed E-state index contributed by atoms with van der Waals surface area (Å²) < 4.78 is 13.3. The SMILES string of the molecule is Cc1cc(-c2ccc(CNC3CC3)c(Cl)c2)ccc1F. The molecule has 1 fully saturated rings. The van der Waals surface area contributed by atoms with Gasteiger partial charge in [-0.05, 0) is 60.2 Å². The number of halogens is 2. The highest BCUT2D eigenvalue weighted by Crippen LogP contribution is 2.28. The highest BCUT2D eigenvalue weighted by molar-refractivity contribution is 6.31. The van der Waals surface area contributed by atoms with Crippen LogP contribution in [0, 0.1) is 12.7 Å². The fourth-order valence-electron chi connectivity index (χ4n) is 2.24. The van der Waals surface area contributed by atoms with E-state index in [4.69, 9.17) is 11.6 Å². The molecule has 2 aromatic carbocycles. The van der Waals surface area contributed by atoms with Crippen molar-refractivity contribution >= 4 is 11.6 Å². The molecule has 104 valence electrons. The molecular formula is C17H17ClFN. The number of benzene rings is 2. The van der Waals surface area contributed by atoms with Gasteiger partial charge in [-0.15, -0.1) is 0 Å². The first-order valence-corrected chi connectivity index (χ1v) is 7.29. The molecule has 20 heavy (non-hydrogen) atoms. The molecule has 1 aliphatic carbocycles. The van der Waals surface area contributed by atoms with Crippen LogP contribution in [0.5, 0.6) is 0 Å². The molecule has 0 aliphatic heterocycles. The molecule has 0 atom stereocenters. The van der Waals surface area contributed by atoms with Crippen molar-refractivity contribution in [3.8, 4) is 11.1 Å². The molecule has 0 amide bonds. The van der Waals surface area contributed by atoms with Crippen molar-refractivity contribution in [2.75, 3.05) is 0 Å². The maximum atomic E-state index is 13.3. The van der Waals surface area contributed by atoms with Crippen molar-refractivity contribution in [2.45, 2.75) is 32.4 Å². The van der Waals surface area contributed by atoms with E-state index < -0.39 is 0 Å². The van der Waals surface area contributed by atoms with Crippen molar-refractivity contribution in [1.82, 2.24) is 5.32 Å². The maximum Gasteiger partial charge on any atom is 0.126 e. The van der Waals surface area contributed by atoms with Crippen molar-refractivity contribution in [3.05, 3.63) is 58.4 Å². The highest BCUT2D eigenvalue weighted by Gasteiger charge is 2.20. The fraction of sp³-hybridized carbons (Fsp3) is 0.294. The summed E-state index contributed by atoms with van der Waals surface area (Å²) >= 11 is 6.34. The van der Waals surface area contributed by atoms with E-state index in [1.54, 1.807) is 13.0 Å². The minimum absolute atomic E-state index is 0.176. The zero-order chi connectivity index (χ0) is 14.1. The van der Waals surface area contributed by atoms with Crippen LogP contribution in [0.25, 0.3) is 11.1 Å². The molecule has 3 heteroatoms. The van der Waals surface area contributed by atoms with Gasteiger partial charge in [0.15, 0.2) is 0 Å². The van der Waals surface area contributed by atoms with Gasteiger partial charge in [0, 0.05) is 17.6 Å². The minimum Gasteiger partial charge on any atom is -0.310 e. The molecule has 3 rings (SSSR count). The molecular weight excluding hydrogens is 273 g/mol. The largest absolute Gasteiger partial charge is 0.310 e. The van der Waals surface area contributed by atoms with Gasteiger partial charge >= 0.3 is 0 Å². The smallest absolute Gasteiger partial charge is 0.126 e. The minimum atomic E-state index is -0.176. The molecule has 0 radical (unpaired) electrons. The second-order valence-electron chi connectivity index (χ2n) is 5.43. The highest BCUT2D eigenvalue weighted by atomic mass is 35.5. The lowest BCUT2D eigenvalue weighted by Crippen LogP contribution is -2.15. The van der Waals surface area contributed by atoms with Crippen LogP contribution in [-0.2, 0) is 6.54 Å². The lowest BCUT2D eigenvalue weighted by Gasteiger charge is -2.09. The van der Waals surface area contributed by atoms with Crippen LogP contribution < -0.4 is 5.32 Å². The summed E-state index contributed by atoms with van der Waals surface area (Å²) in [5.41, 5.74) is 3.78. The predicted molar refractivity (Wildman–Crippen MR) is 81.4 cm³/mol. The summed E-state index contributed by atoms with van der Waals surface area (Å²) in [7, 11) is 0. The Labute approximate surface area is 123 Å². The van der Waals surface area contributed by atoms with Gasteiger partial charge in [-0.1, -0.05) is 29.8 Å². The summed E-state index contributed by atoms with van der Waals surface area (Å²) in [6.45, 7) is 2.58. The van der Waals surface area contributed by atoms with E-state index in [1.807, 2.05) is 24.3 Å². The van der Waals surface area contributed by atoms with Gasteiger partial charge < -0.3 is 5.32 Å². The Morgan fingerprint density at radius 3 is 2.50 bits per heavy atom. The molecule has 1 N–H and O–H groups in total. The predicted octanol–water partition coefficient (Wildman–Crippen LogP) is 4.71. The van der Waals surface area contributed by atoms with Gasteiger partial charge in [-0.2, -0.15) is 0 Å². The Kier molecular flexibility index (Phi) is 3.77. The third kappa shape index (κ3) is 3.02. The van der Waals surface area contributed by atoms with Crippen molar-refractivity contribution in [1.29, 1.82) is 0 Å². The first kappa shape index (κ1) is 13.6. The molecule has 0 spiro atoms. The molecule has 1 aliphatic rings. The summed E-state index contributed by atoms with van der Waals surface area (Å²) in [5.74, 6) is -0.176. The Morgan fingerprint density at radius 1 is 1.15 bits per heavy atom. The van der Waals surface area contributed by atoms with E-state index in [0.717, 1.165) is 28.3 Å². The van der Waals surface area contributed by atoms with Gasteiger partial charge in [0.1, 0.15) is 5.82 Å². The Balaban J connectivity index is 1.82. The monoisotopic (exact) mass is 289 g/mol. The maximum absolute atomic E-state index is 13.3. The first-order valence-electron chi connectivity index (χ1n) is 6.92. The zero-order valence-corrected chi connectivity index (χ0v) is 12.2. The van der Waals surface area contributed by atoms with Gasteiger partial charge in [0.25, 0.3) is 0 Å². The molecule has 0 unspecified atom stereocenters. The van der Waals surface area contributed by atoms with Crippen LogP contribution in [0.4, 0.5) is 4.39 Å². The molecule has 1 nitrogen and oxygen atoms in total. The van der Waals surface area contributed by atoms with E-state index in [9.17, 15) is 4.39 Å². The first-order chi connectivity index (χ1) is 9.63. The lowest BCUT2D eigenvalue weighted by atomic mass is 10.0. The average Bonchev–Trinajstić information content (AvgIpc) is 3.24. The van der Waals surface area contributed by atoms with Crippen LogP contribution in [-0.4, -0.2) is 6.04 Å². The number of aryl methyl sites for hydroxylation is 1. The summed E-state index contributed by atoms with van der Waals surface area (Å²) in [5, 5.41) is 4.22. The second-order valence-corrected chi connectivity index (χ2v) is 5.83. The van der Waals surface area contributed by atoms with E-state index >= 15 is 0 Å². The van der Waals surface area contributed by atoms with E-state index in [1.165, 1.54) is 18.9 Å². The summed E-state index contributed by atoms with van der Waals surface area (Å²) in [4.78, 5) is 0. The van der Waals surface area contributed by atoms with Crippen molar-refractivity contribution in [2.24, 2.45) is 0 Å². The molecule has 0 aromatic heterocycles. The van der Waals surface area contributed by atoms with Gasteiger partial charge in [0.05, 0.1) is 0 Å². The molecule has 0 heterocycles. The van der Waals surface area contributed by atoms with E-state index in [2.05, 4.69) is 5.32 Å². The van der Waals surface area contributed by atoms with Crippen LogP contribution in [0.3, 0.4) is 0 Å². The third-order valence-corrected chi connectivity index (χ3v) is 4.05. The van der Waals surface area contributed by atoms with Crippen LogP contribution in [0.15, 0.2) is 36.4 Å². The van der Waals surface area contributed by atoms with Gasteiger partial charge in [-0.25, -0.2) is 4.39 Å². The Bertz CT molecular complexity index is 635. The quantitative estimate of drug-likeness (QED) is 0.860. The molecule has 1 saturated carbocycles. The molecule has 0 saturated heterocycles. The number of hydrogen-bond donors (Lipinski definition) is 1. The second kappa shape index (κ2) is 5.55. The van der Waals surface area contributed by atoms with Gasteiger partial charge in [0.2, 0.25) is 0 Å². The number of rotatable bonds is 4. The Morgan fingerprint density at radius 2 is 1.85 bits per heavy atom.